The Morgan fingerprint density at radius 1 is 1.06 bits per heavy atom. The predicted molar refractivity (Wildman–Crippen MR) is 146 cm³/mol. The molecule has 0 aliphatic carbocycles. The van der Waals surface area contributed by atoms with Crippen LogP contribution in [0.25, 0.3) is 10.8 Å². The highest BCUT2D eigenvalue weighted by Gasteiger charge is 2.30. The molecule has 3 aromatic carbocycles. The van der Waals surface area contributed by atoms with E-state index >= 15 is 0 Å². The van der Waals surface area contributed by atoms with Gasteiger partial charge in [-0.3, -0.25) is 9.59 Å². The highest BCUT2D eigenvalue weighted by atomic mass is 79.9. The third-order valence-corrected chi connectivity index (χ3v) is 7.33. The molecular formula is C27H29BrCl2N2O3. The molecule has 0 bridgehead atoms. The van der Waals surface area contributed by atoms with Crippen LogP contribution in [0.2, 0.25) is 10.0 Å². The van der Waals surface area contributed by atoms with Gasteiger partial charge >= 0.3 is 0 Å². The summed E-state index contributed by atoms with van der Waals surface area (Å²) in [5.41, 5.74) is 0.700. The molecule has 0 spiro atoms. The second-order valence-electron chi connectivity index (χ2n) is 8.39. The van der Waals surface area contributed by atoms with E-state index in [0.717, 1.165) is 21.7 Å². The second-order valence-corrected chi connectivity index (χ2v) is 10.0. The smallest absolute Gasteiger partial charge is 0.261 e. The number of fused-ring (bicyclic) bond motifs is 1. The molecule has 1 N–H and O–H groups in total. The molecule has 8 heteroatoms. The molecule has 0 saturated heterocycles. The predicted octanol–water partition coefficient (Wildman–Crippen LogP) is 7.01. The monoisotopic (exact) mass is 578 g/mol. The summed E-state index contributed by atoms with van der Waals surface area (Å²) in [6.45, 7) is 5.74. The van der Waals surface area contributed by atoms with E-state index in [2.05, 4.69) is 21.2 Å². The quantitative estimate of drug-likeness (QED) is 0.281. The molecule has 0 unspecified atom stereocenters. The van der Waals surface area contributed by atoms with Gasteiger partial charge in [0, 0.05) is 22.6 Å². The molecule has 5 nitrogen and oxygen atoms in total. The number of carbonyl (C=O) groups is 2. The number of halogens is 3. The lowest BCUT2D eigenvalue weighted by molar-refractivity contribution is -0.143. The number of hydrogen-bond acceptors (Lipinski definition) is 3. The third kappa shape index (κ3) is 6.90. The molecule has 186 valence electrons. The van der Waals surface area contributed by atoms with Crippen molar-refractivity contribution in [1.82, 2.24) is 10.2 Å². The first-order chi connectivity index (χ1) is 16.7. The molecule has 0 aliphatic rings. The average molecular weight is 580 g/mol. The van der Waals surface area contributed by atoms with Gasteiger partial charge in [0.2, 0.25) is 5.91 Å². The number of nitrogens with zero attached hydrogens (tertiary/aromatic N) is 1. The van der Waals surface area contributed by atoms with E-state index in [1.54, 1.807) is 18.2 Å². The molecule has 0 heterocycles. The summed E-state index contributed by atoms with van der Waals surface area (Å²) in [5.74, 6) is 0.0352. The molecule has 35 heavy (non-hydrogen) atoms. The van der Waals surface area contributed by atoms with Crippen LogP contribution in [0.1, 0.15) is 39.2 Å². The number of hydrogen-bond donors (Lipinski definition) is 1. The van der Waals surface area contributed by atoms with Gasteiger partial charge in [-0.2, -0.15) is 0 Å². The number of carbonyl (C=O) groups excluding carboxylic acids is 2. The molecule has 2 amide bonds. The molecule has 0 fully saturated rings. The normalized spacial score (nSPS) is 12.7. The van der Waals surface area contributed by atoms with Crippen molar-refractivity contribution >= 4 is 61.7 Å². The molecule has 0 radical (unpaired) electrons. The number of ether oxygens (including phenoxy) is 1. The Balaban J connectivity index is 1.86. The topological polar surface area (TPSA) is 58.6 Å². The molecule has 0 saturated carbocycles. The number of amides is 2. The van der Waals surface area contributed by atoms with Gasteiger partial charge in [-0.25, -0.2) is 0 Å². The zero-order valence-corrected chi connectivity index (χ0v) is 23.1. The highest BCUT2D eigenvalue weighted by molar-refractivity contribution is 9.10. The van der Waals surface area contributed by atoms with Gasteiger partial charge < -0.3 is 15.0 Å². The minimum atomic E-state index is -0.674. The number of nitrogens with one attached hydrogen (secondary N) is 1. The molecule has 0 aromatic heterocycles. The maximum atomic E-state index is 13.5. The summed E-state index contributed by atoms with van der Waals surface area (Å²) in [7, 11) is 0. The first-order valence-electron chi connectivity index (χ1n) is 11.6. The van der Waals surface area contributed by atoms with Gasteiger partial charge in [-0.15, -0.1) is 0 Å². The maximum Gasteiger partial charge on any atom is 0.261 e. The van der Waals surface area contributed by atoms with Crippen molar-refractivity contribution in [1.29, 1.82) is 0 Å². The van der Waals surface area contributed by atoms with Crippen molar-refractivity contribution in [3.05, 3.63) is 74.7 Å². The van der Waals surface area contributed by atoms with E-state index in [-0.39, 0.29) is 31.0 Å². The van der Waals surface area contributed by atoms with E-state index in [1.807, 2.05) is 57.2 Å². The van der Waals surface area contributed by atoms with Crippen LogP contribution in [0.4, 0.5) is 0 Å². The van der Waals surface area contributed by atoms with Crippen molar-refractivity contribution in [3.63, 3.8) is 0 Å². The van der Waals surface area contributed by atoms with Crippen LogP contribution in [-0.4, -0.2) is 35.4 Å². The van der Waals surface area contributed by atoms with Crippen LogP contribution in [0.5, 0.6) is 5.75 Å². The summed E-state index contributed by atoms with van der Waals surface area (Å²) in [5, 5.41) is 5.98. The van der Waals surface area contributed by atoms with Crippen molar-refractivity contribution in [2.24, 2.45) is 0 Å². The van der Waals surface area contributed by atoms with Crippen molar-refractivity contribution in [3.8, 4) is 5.75 Å². The fourth-order valence-electron chi connectivity index (χ4n) is 3.74. The van der Waals surface area contributed by atoms with Gasteiger partial charge in [0.05, 0.1) is 4.47 Å². The van der Waals surface area contributed by atoms with E-state index in [0.29, 0.717) is 27.8 Å². The first kappa shape index (κ1) is 27.3. The fourth-order valence-corrected chi connectivity index (χ4v) is 4.82. The van der Waals surface area contributed by atoms with E-state index < -0.39 is 6.04 Å². The Kier molecular flexibility index (Phi) is 9.84. The summed E-state index contributed by atoms with van der Waals surface area (Å²) in [6.07, 6.45) is 1.23. The summed E-state index contributed by atoms with van der Waals surface area (Å²) in [4.78, 5) is 28.1. The van der Waals surface area contributed by atoms with Crippen molar-refractivity contribution in [2.75, 3.05) is 6.61 Å². The van der Waals surface area contributed by atoms with Crippen LogP contribution in [0.3, 0.4) is 0 Å². The minimum Gasteiger partial charge on any atom is -0.483 e. The standard InChI is InChI=1S/C27H29BrCl2N2O3/c1-4-17(3)31-27(34)23(5-2)32(15-19-10-12-20(29)14-22(19)30)25(33)16-35-24-13-11-18-8-6-7-9-21(18)26(24)28/h6-14,17,23H,4-5,15-16H2,1-3H3,(H,31,34)/t17-,23-/m0/s1. The van der Waals surface area contributed by atoms with Crippen LogP contribution in [0.15, 0.2) is 59.1 Å². The van der Waals surface area contributed by atoms with Gasteiger partial charge in [0.1, 0.15) is 11.8 Å². The fraction of sp³-hybridized carbons (Fsp3) is 0.333. The van der Waals surface area contributed by atoms with Crippen LogP contribution in [-0.2, 0) is 16.1 Å². The Labute approximate surface area is 224 Å². The Morgan fingerprint density at radius 2 is 1.80 bits per heavy atom. The van der Waals surface area contributed by atoms with Gasteiger partial charge in [-0.1, -0.05) is 73.4 Å². The van der Waals surface area contributed by atoms with Gasteiger partial charge in [0.15, 0.2) is 6.61 Å². The van der Waals surface area contributed by atoms with Gasteiger partial charge in [0.25, 0.3) is 5.91 Å². The molecule has 2 atom stereocenters. The van der Waals surface area contributed by atoms with E-state index in [1.165, 1.54) is 4.90 Å². The summed E-state index contributed by atoms with van der Waals surface area (Å²) < 4.78 is 6.70. The molecule has 0 aliphatic heterocycles. The highest BCUT2D eigenvalue weighted by Crippen LogP contribution is 2.33. The molecule has 3 aromatic rings. The Bertz CT molecular complexity index is 1200. The SMILES string of the molecule is CC[C@H](C)NC(=O)[C@H](CC)N(Cc1ccc(Cl)cc1Cl)C(=O)COc1ccc2ccccc2c1Br. The molecular weight excluding hydrogens is 551 g/mol. The van der Waals surface area contributed by atoms with Crippen molar-refractivity contribution in [2.45, 2.75) is 52.2 Å². The lowest BCUT2D eigenvalue weighted by atomic mass is 10.1. The van der Waals surface area contributed by atoms with E-state index in [9.17, 15) is 9.59 Å². The van der Waals surface area contributed by atoms with Gasteiger partial charge in [-0.05, 0) is 70.2 Å². The van der Waals surface area contributed by atoms with Crippen LogP contribution in [0, 0.1) is 0 Å². The van der Waals surface area contributed by atoms with E-state index in [4.69, 9.17) is 27.9 Å². The van der Waals surface area contributed by atoms with Crippen LogP contribution < -0.4 is 10.1 Å². The lowest BCUT2D eigenvalue weighted by Gasteiger charge is -2.31. The Hall–Kier alpha value is -2.28. The number of rotatable bonds is 10. The first-order valence-corrected chi connectivity index (χ1v) is 13.1. The largest absolute Gasteiger partial charge is 0.483 e. The minimum absolute atomic E-state index is 0.00238. The summed E-state index contributed by atoms with van der Waals surface area (Å²) >= 11 is 16.0. The zero-order chi connectivity index (χ0) is 25.5. The Morgan fingerprint density at radius 3 is 2.49 bits per heavy atom. The summed E-state index contributed by atoms with van der Waals surface area (Å²) in [6, 6.07) is 16.1. The average Bonchev–Trinajstić information content (AvgIpc) is 2.84. The zero-order valence-electron chi connectivity index (χ0n) is 20.0. The maximum absolute atomic E-state index is 13.5. The van der Waals surface area contributed by atoms with Crippen molar-refractivity contribution < 1.29 is 14.3 Å². The second kappa shape index (κ2) is 12.6. The number of benzene rings is 3. The van der Waals surface area contributed by atoms with Crippen LogP contribution >= 0.6 is 39.1 Å². The third-order valence-electron chi connectivity index (χ3n) is 5.92. The lowest BCUT2D eigenvalue weighted by Crippen LogP contribution is -2.51. The molecule has 3 rings (SSSR count).